The molecule has 18 heavy (non-hydrogen) atoms. The molecule has 0 saturated heterocycles. The number of hydrogen-bond acceptors (Lipinski definition) is 5. The van der Waals surface area contributed by atoms with Gasteiger partial charge >= 0.3 is 5.97 Å². The van der Waals surface area contributed by atoms with E-state index in [1.807, 2.05) is 0 Å². The molecular weight excluding hydrogens is 234 g/mol. The van der Waals surface area contributed by atoms with Gasteiger partial charge in [-0.3, -0.25) is 0 Å². The van der Waals surface area contributed by atoms with Gasteiger partial charge in [0.15, 0.2) is 5.69 Å². The second kappa shape index (κ2) is 4.87. The summed E-state index contributed by atoms with van der Waals surface area (Å²) in [6.07, 6.45) is 1.61. The number of nitrogens with one attached hydrogen (secondary N) is 1. The summed E-state index contributed by atoms with van der Waals surface area (Å²) in [7, 11) is 2.87. The van der Waals surface area contributed by atoms with Gasteiger partial charge in [0.05, 0.1) is 14.2 Å². The van der Waals surface area contributed by atoms with Crippen molar-refractivity contribution in [1.82, 2.24) is 15.0 Å². The Balaban J connectivity index is 2.42. The van der Waals surface area contributed by atoms with Crippen LogP contribution in [0.1, 0.15) is 16.2 Å². The van der Waals surface area contributed by atoms with Gasteiger partial charge in [-0.15, -0.1) is 0 Å². The molecule has 0 atom stereocenters. The van der Waals surface area contributed by atoms with E-state index in [9.17, 15) is 4.79 Å². The van der Waals surface area contributed by atoms with E-state index in [2.05, 4.69) is 19.7 Å². The molecule has 0 aromatic carbocycles. The number of aromatic nitrogens is 3. The molecule has 0 radical (unpaired) electrons. The molecule has 6 nitrogen and oxygen atoms in total. The molecule has 0 spiro atoms. The summed E-state index contributed by atoms with van der Waals surface area (Å²) >= 11 is 0. The fourth-order valence-corrected chi connectivity index (χ4v) is 1.56. The Kier molecular flexibility index (Phi) is 3.27. The molecular formula is C12H13N3O3. The van der Waals surface area contributed by atoms with Crippen LogP contribution in [0.5, 0.6) is 5.88 Å². The highest BCUT2D eigenvalue weighted by Gasteiger charge is 2.16. The third-order valence-electron chi connectivity index (χ3n) is 2.48. The topological polar surface area (TPSA) is 77.1 Å². The molecule has 0 aliphatic carbocycles. The standard InChI is InChI=1S/C12H13N3O3/c1-7-10(12(16)18-3)15-11(14-7)8-4-5-13-9(6-8)17-2/h4-6H,1-3H3,(H,14,15). The summed E-state index contributed by atoms with van der Waals surface area (Å²) in [4.78, 5) is 22.7. The minimum atomic E-state index is -0.462. The minimum Gasteiger partial charge on any atom is -0.481 e. The van der Waals surface area contributed by atoms with E-state index in [0.717, 1.165) is 5.56 Å². The normalized spacial score (nSPS) is 10.2. The van der Waals surface area contributed by atoms with Crippen molar-refractivity contribution < 1.29 is 14.3 Å². The average molecular weight is 247 g/mol. The van der Waals surface area contributed by atoms with E-state index in [1.54, 1.807) is 32.4 Å². The smallest absolute Gasteiger partial charge is 0.358 e. The number of carbonyl (C=O) groups excluding carboxylic acids is 1. The first-order valence-electron chi connectivity index (χ1n) is 5.31. The van der Waals surface area contributed by atoms with E-state index in [1.165, 1.54) is 7.11 Å². The maximum atomic E-state index is 11.5. The van der Waals surface area contributed by atoms with Crippen LogP contribution in [0.25, 0.3) is 11.4 Å². The summed E-state index contributed by atoms with van der Waals surface area (Å²) in [5.41, 5.74) is 1.73. The molecule has 2 rings (SSSR count). The zero-order valence-electron chi connectivity index (χ0n) is 10.4. The van der Waals surface area contributed by atoms with E-state index >= 15 is 0 Å². The summed E-state index contributed by atoms with van der Waals surface area (Å²) in [5, 5.41) is 0. The van der Waals surface area contributed by atoms with Crippen LogP contribution in [0.2, 0.25) is 0 Å². The van der Waals surface area contributed by atoms with Gasteiger partial charge in [-0.05, 0) is 13.0 Å². The van der Waals surface area contributed by atoms with Crippen molar-refractivity contribution >= 4 is 5.97 Å². The van der Waals surface area contributed by atoms with Gasteiger partial charge < -0.3 is 14.5 Å². The third-order valence-corrected chi connectivity index (χ3v) is 2.48. The predicted octanol–water partition coefficient (Wildman–Crippen LogP) is 1.58. The zero-order valence-corrected chi connectivity index (χ0v) is 10.4. The number of ether oxygens (including phenoxy) is 2. The van der Waals surface area contributed by atoms with E-state index < -0.39 is 5.97 Å². The van der Waals surface area contributed by atoms with Crippen molar-refractivity contribution in [3.05, 3.63) is 29.7 Å². The molecule has 0 bridgehead atoms. The van der Waals surface area contributed by atoms with Gasteiger partial charge in [-0.1, -0.05) is 0 Å². The first-order chi connectivity index (χ1) is 8.65. The Morgan fingerprint density at radius 3 is 2.83 bits per heavy atom. The van der Waals surface area contributed by atoms with Crippen LogP contribution in [0.4, 0.5) is 0 Å². The Bertz CT molecular complexity index is 578. The highest BCUT2D eigenvalue weighted by Crippen LogP contribution is 2.21. The molecule has 2 aromatic heterocycles. The average Bonchev–Trinajstić information content (AvgIpc) is 2.80. The van der Waals surface area contributed by atoms with Crippen LogP contribution < -0.4 is 4.74 Å². The van der Waals surface area contributed by atoms with Crippen molar-refractivity contribution in [3.8, 4) is 17.3 Å². The van der Waals surface area contributed by atoms with Crippen LogP contribution in [0.3, 0.4) is 0 Å². The van der Waals surface area contributed by atoms with E-state index in [-0.39, 0.29) is 5.69 Å². The number of aryl methyl sites for hydroxylation is 1. The summed E-state index contributed by atoms with van der Waals surface area (Å²) in [6, 6.07) is 3.52. The molecule has 1 N–H and O–H groups in total. The van der Waals surface area contributed by atoms with Crippen LogP contribution >= 0.6 is 0 Å². The van der Waals surface area contributed by atoms with Crippen molar-refractivity contribution in [2.75, 3.05) is 14.2 Å². The maximum Gasteiger partial charge on any atom is 0.358 e. The highest BCUT2D eigenvalue weighted by atomic mass is 16.5. The summed E-state index contributed by atoms with van der Waals surface area (Å²) < 4.78 is 9.69. The minimum absolute atomic E-state index is 0.281. The second-order valence-corrected chi connectivity index (χ2v) is 3.64. The lowest BCUT2D eigenvalue weighted by Gasteiger charge is -2.00. The molecule has 0 aliphatic heterocycles. The molecule has 2 heterocycles. The van der Waals surface area contributed by atoms with Crippen molar-refractivity contribution in [3.63, 3.8) is 0 Å². The first-order valence-corrected chi connectivity index (χ1v) is 5.31. The quantitative estimate of drug-likeness (QED) is 0.833. The monoisotopic (exact) mass is 247 g/mol. The van der Waals surface area contributed by atoms with Crippen molar-refractivity contribution in [2.45, 2.75) is 6.92 Å². The number of pyridine rings is 1. The molecule has 0 amide bonds. The third kappa shape index (κ3) is 2.17. The fourth-order valence-electron chi connectivity index (χ4n) is 1.56. The first kappa shape index (κ1) is 12.1. The lowest BCUT2D eigenvalue weighted by atomic mass is 10.2. The number of methoxy groups -OCH3 is 2. The SMILES string of the molecule is COC(=O)c1nc(-c2ccnc(OC)c2)[nH]c1C. The fraction of sp³-hybridized carbons (Fsp3) is 0.250. The number of carbonyl (C=O) groups is 1. The predicted molar refractivity (Wildman–Crippen MR) is 64.4 cm³/mol. The number of H-pyrrole nitrogens is 1. The van der Waals surface area contributed by atoms with Crippen molar-refractivity contribution in [2.24, 2.45) is 0 Å². The molecule has 0 unspecified atom stereocenters. The summed E-state index contributed by atoms with van der Waals surface area (Å²) in [5.74, 6) is 0.603. The molecule has 2 aromatic rings. The Hall–Kier alpha value is -2.37. The molecule has 0 fully saturated rings. The number of hydrogen-bond donors (Lipinski definition) is 1. The van der Waals surface area contributed by atoms with Gasteiger partial charge in [0, 0.05) is 23.5 Å². The number of nitrogens with zero attached hydrogens (tertiary/aromatic N) is 2. The van der Waals surface area contributed by atoms with Crippen LogP contribution in [-0.4, -0.2) is 35.1 Å². The van der Waals surface area contributed by atoms with E-state index in [4.69, 9.17) is 4.74 Å². The highest BCUT2D eigenvalue weighted by molar-refractivity contribution is 5.89. The van der Waals surface area contributed by atoms with Gasteiger partial charge in [0.1, 0.15) is 5.82 Å². The molecule has 94 valence electrons. The Labute approximate surface area is 104 Å². The van der Waals surface area contributed by atoms with Gasteiger partial charge in [0.25, 0.3) is 0 Å². The van der Waals surface area contributed by atoms with Gasteiger partial charge in [-0.25, -0.2) is 14.8 Å². The molecule has 6 heteroatoms. The number of imidazole rings is 1. The Morgan fingerprint density at radius 1 is 1.39 bits per heavy atom. The number of rotatable bonds is 3. The molecule has 0 aliphatic rings. The number of aromatic amines is 1. The van der Waals surface area contributed by atoms with E-state index in [0.29, 0.717) is 17.4 Å². The van der Waals surface area contributed by atoms with Gasteiger partial charge in [0.2, 0.25) is 5.88 Å². The van der Waals surface area contributed by atoms with Gasteiger partial charge in [-0.2, -0.15) is 0 Å². The van der Waals surface area contributed by atoms with Crippen LogP contribution in [0, 0.1) is 6.92 Å². The lowest BCUT2D eigenvalue weighted by Crippen LogP contribution is -2.03. The second-order valence-electron chi connectivity index (χ2n) is 3.64. The maximum absolute atomic E-state index is 11.5. The molecule has 0 saturated carbocycles. The Morgan fingerprint density at radius 2 is 2.17 bits per heavy atom. The largest absolute Gasteiger partial charge is 0.481 e. The van der Waals surface area contributed by atoms with Crippen LogP contribution in [0.15, 0.2) is 18.3 Å². The van der Waals surface area contributed by atoms with Crippen LogP contribution in [-0.2, 0) is 4.74 Å². The lowest BCUT2D eigenvalue weighted by molar-refractivity contribution is 0.0594. The summed E-state index contributed by atoms with van der Waals surface area (Å²) in [6.45, 7) is 1.77. The number of esters is 1. The van der Waals surface area contributed by atoms with Crippen molar-refractivity contribution in [1.29, 1.82) is 0 Å². The zero-order chi connectivity index (χ0) is 13.1.